The van der Waals surface area contributed by atoms with Gasteiger partial charge in [-0.15, -0.1) is 0 Å². The van der Waals surface area contributed by atoms with Crippen LogP contribution >= 0.6 is 0 Å². The molecule has 0 bridgehead atoms. The zero-order valence-corrected chi connectivity index (χ0v) is 11.7. The fourth-order valence-corrected chi connectivity index (χ4v) is 1.95. The van der Waals surface area contributed by atoms with E-state index >= 15 is 0 Å². The highest BCUT2D eigenvalue weighted by atomic mass is 16.5. The Kier molecular flexibility index (Phi) is 4.25. The predicted molar refractivity (Wildman–Crippen MR) is 74.0 cm³/mol. The van der Waals surface area contributed by atoms with Crippen LogP contribution in [0.25, 0.3) is 0 Å². The first-order valence-electron chi connectivity index (χ1n) is 6.78. The minimum atomic E-state index is -0.864. The molecule has 0 radical (unpaired) electrons. The number of carbonyl (C=O) groups excluding carboxylic acids is 2. The van der Waals surface area contributed by atoms with Crippen LogP contribution in [0.3, 0.4) is 0 Å². The summed E-state index contributed by atoms with van der Waals surface area (Å²) in [7, 11) is 0. The summed E-state index contributed by atoms with van der Waals surface area (Å²) in [6, 6.07) is 0. The van der Waals surface area contributed by atoms with Crippen LogP contribution in [-0.2, 0) is 16.1 Å². The minimum Gasteiger partial charge on any atom is -0.457 e. The molecule has 1 aliphatic carbocycles. The number of carbonyl (C=O) groups is 2. The first kappa shape index (κ1) is 15.0. The van der Waals surface area contributed by atoms with Crippen molar-refractivity contribution in [1.82, 2.24) is 9.55 Å². The van der Waals surface area contributed by atoms with Crippen LogP contribution in [0.4, 0.5) is 5.82 Å². The van der Waals surface area contributed by atoms with Crippen LogP contribution in [-0.4, -0.2) is 27.9 Å². The van der Waals surface area contributed by atoms with E-state index in [-0.39, 0.29) is 23.8 Å². The Balaban J connectivity index is 2.23. The molecular weight excluding hydrogens is 278 g/mol. The van der Waals surface area contributed by atoms with Gasteiger partial charge in [-0.25, -0.2) is 4.79 Å². The number of Topliss-reactive ketones (excluding diaryl/α,β-unsaturated/α-hetero) is 1. The predicted octanol–water partition coefficient (Wildman–Crippen LogP) is -0.335. The molecule has 0 saturated heterocycles. The second-order valence-electron chi connectivity index (χ2n) is 4.98. The van der Waals surface area contributed by atoms with Gasteiger partial charge in [-0.2, -0.15) is 0 Å². The lowest BCUT2D eigenvalue weighted by Crippen LogP contribution is -2.37. The summed E-state index contributed by atoms with van der Waals surface area (Å²) in [6.07, 6.45) is 2.13. The zero-order chi connectivity index (χ0) is 15.6. The highest BCUT2D eigenvalue weighted by molar-refractivity contribution is 6.01. The SMILES string of the molecule is CCCn1c(N)c(C(=O)COC(=O)C2CC2)c(=O)[nH]c1=O. The summed E-state index contributed by atoms with van der Waals surface area (Å²) in [5.74, 6) is -1.49. The Morgan fingerprint density at radius 2 is 2.05 bits per heavy atom. The molecule has 1 fully saturated rings. The van der Waals surface area contributed by atoms with Crippen molar-refractivity contribution in [3.8, 4) is 0 Å². The van der Waals surface area contributed by atoms with Gasteiger partial charge in [-0.1, -0.05) is 6.92 Å². The van der Waals surface area contributed by atoms with E-state index < -0.39 is 29.6 Å². The lowest BCUT2D eigenvalue weighted by Gasteiger charge is -2.11. The van der Waals surface area contributed by atoms with Gasteiger partial charge < -0.3 is 10.5 Å². The fraction of sp³-hybridized carbons (Fsp3) is 0.538. The Hall–Kier alpha value is -2.38. The molecule has 1 aromatic rings. The molecule has 0 aliphatic heterocycles. The highest BCUT2D eigenvalue weighted by Crippen LogP contribution is 2.30. The molecule has 1 heterocycles. The number of nitrogens with zero attached hydrogens (tertiary/aromatic N) is 1. The van der Waals surface area contributed by atoms with Gasteiger partial charge >= 0.3 is 11.7 Å². The second kappa shape index (κ2) is 5.94. The number of aromatic nitrogens is 2. The van der Waals surface area contributed by atoms with Gasteiger partial charge in [0.1, 0.15) is 11.4 Å². The molecule has 8 nitrogen and oxygen atoms in total. The lowest BCUT2D eigenvalue weighted by molar-refractivity contribution is -0.144. The maximum Gasteiger partial charge on any atom is 0.329 e. The summed E-state index contributed by atoms with van der Waals surface area (Å²) in [6.45, 7) is 1.56. The van der Waals surface area contributed by atoms with Crippen molar-refractivity contribution in [2.24, 2.45) is 5.92 Å². The van der Waals surface area contributed by atoms with Crippen molar-refractivity contribution in [3.05, 3.63) is 26.4 Å². The van der Waals surface area contributed by atoms with E-state index in [1.807, 2.05) is 11.9 Å². The zero-order valence-electron chi connectivity index (χ0n) is 11.7. The van der Waals surface area contributed by atoms with E-state index in [9.17, 15) is 19.2 Å². The van der Waals surface area contributed by atoms with Crippen molar-refractivity contribution in [2.75, 3.05) is 12.3 Å². The number of ketones is 1. The van der Waals surface area contributed by atoms with Crippen molar-refractivity contribution in [1.29, 1.82) is 0 Å². The molecule has 114 valence electrons. The van der Waals surface area contributed by atoms with Gasteiger partial charge in [0.15, 0.2) is 6.61 Å². The maximum atomic E-state index is 12.0. The topological polar surface area (TPSA) is 124 Å². The molecule has 3 N–H and O–H groups in total. The van der Waals surface area contributed by atoms with Gasteiger partial charge in [0.25, 0.3) is 5.56 Å². The summed E-state index contributed by atoms with van der Waals surface area (Å²) in [5.41, 5.74) is 3.87. The fourth-order valence-electron chi connectivity index (χ4n) is 1.95. The molecule has 0 unspecified atom stereocenters. The third-order valence-corrected chi connectivity index (χ3v) is 3.22. The number of nitrogen functional groups attached to an aromatic ring is 1. The van der Waals surface area contributed by atoms with E-state index in [4.69, 9.17) is 10.5 Å². The van der Waals surface area contributed by atoms with E-state index in [1.165, 1.54) is 0 Å². The number of anilines is 1. The van der Waals surface area contributed by atoms with Gasteiger partial charge in [-0.05, 0) is 19.3 Å². The van der Waals surface area contributed by atoms with Crippen LogP contribution in [0.5, 0.6) is 0 Å². The molecule has 0 amide bonds. The summed E-state index contributed by atoms with van der Waals surface area (Å²) in [5, 5.41) is 0. The quantitative estimate of drug-likeness (QED) is 0.546. The van der Waals surface area contributed by atoms with Crippen LogP contribution in [0.1, 0.15) is 36.5 Å². The number of esters is 1. The number of rotatable bonds is 6. The monoisotopic (exact) mass is 295 g/mol. The van der Waals surface area contributed by atoms with Gasteiger partial charge in [0.05, 0.1) is 5.92 Å². The molecule has 0 spiro atoms. The molecule has 8 heteroatoms. The number of hydrogen-bond acceptors (Lipinski definition) is 6. The molecule has 0 aromatic carbocycles. The highest BCUT2D eigenvalue weighted by Gasteiger charge is 2.32. The second-order valence-corrected chi connectivity index (χ2v) is 4.98. The number of hydrogen-bond donors (Lipinski definition) is 2. The summed E-state index contributed by atoms with van der Waals surface area (Å²) >= 11 is 0. The minimum absolute atomic E-state index is 0.137. The Morgan fingerprint density at radius 3 is 2.62 bits per heavy atom. The van der Waals surface area contributed by atoms with Crippen LogP contribution in [0.2, 0.25) is 0 Å². The molecule has 21 heavy (non-hydrogen) atoms. The van der Waals surface area contributed by atoms with Crippen molar-refractivity contribution in [2.45, 2.75) is 32.7 Å². The third-order valence-electron chi connectivity index (χ3n) is 3.22. The number of aromatic amines is 1. The van der Waals surface area contributed by atoms with E-state index in [0.29, 0.717) is 6.42 Å². The number of H-pyrrole nitrogens is 1. The van der Waals surface area contributed by atoms with Gasteiger partial charge in [-0.3, -0.25) is 23.9 Å². The third kappa shape index (κ3) is 3.21. The summed E-state index contributed by atoms with van der Waals surface area (Å²) in [4.78, 5) is 48.8. The Bertz CT molecular complexity index is 684. The van der Waals surface area contributed by atoms with Crippen LogP contribution in [0.15, 0.2) is 9.59 Å². The molecule has 1 aromatic heterocycles. The molecule has 0 atom stereocenters. The molecule has 2 rings (SSSR count). The van der Waals surface area contributed by atoms with E-state index in [2.05, 4.69) is 0 Å². The van der Waals surface area contributed by atoms with Crippen molar-refractivity contribution in [3.63, 3.8) is 0 Å². The number of ether oxygens (including phenoxy) is 1. The first-order valence-corrected chi connectivity index (χ1v) is 6.78. The van der Waals surface area contributed by atoms with E-state index in [0.717, 1.165) is 17.4 Å². The van der Waals surface area contributed by atoms with Crippen LogP contribution < -0.4 is 17.0 Å². The Morgan fingerprint density at radius 1 is 1.38 bits per heavy atom. The average molecular weight is 295 g/mol. The largest absolute Gasteiger partial charge is 0.457 e. The Labute approximate surface area is 119 Å². The smallest absolute Gasteiger partial charge is 0.329 e. The lowest BCUT2D eigenvalue weighted by atomic mass is 10.2. The van der Waals surface area contributed by atoms with Crippen molar-refractivity contribution < 1.29 is 14.3 Å². The molecule has 1 aliphatic rings. The first-order chi connectivity index (χ1) is 9.95. The number of nitrogens with two attached hydrogens (primary N) is 1. The van der Waals surface area contributed by atoms with Crippen LogP contribution in [0, 0.1) is 5.92 Å². The summed E-state index contributed by atoms with van der Waals surface area (Å²) < 4.78 is 5.96. The van der Waals surface area contributed by atoms with E-state index in [1.54, 1.807) is 0 Å². The molecular formula is C13H17N3O5. The normalized spacial score (nSPS) is 14.0. The molecule has 1 saturated carbocycles. The maximum absolute atomic E-state index is 12.0. The number of nitrogens with one attached hydrogen (secondary N) is 1. The van der Waals surface area contributed by atoms with Gasteiger partial charge in [0, 0.05) is 6.54 Å². The van der Waals surface area contributed by atoms with Crippen molar-refractivity contribution >= 4 is 17.6 Å². The standard InChI is InChI=1S/C13H17N3O5/c1-2-5-16-10(14)9(11(18)15-13(16)20)8(17)6-21-12(19)7-3-4-7/h7H,2-6,14H2,1H3,(H,15,18,20). The average Bonchev–Trinajstić information content (AvgIpc) is 3.25. The van der Waals surface area contributed by atoms with Gasteiger partial charge in [0.2, 0.25) is 5.78 Å².